The van der Waals surface area contributed by atoms with Crippen LogP contribution in [-0.4, -0.2) is 11.0 Å². The van der Waals surface area contributed by atoms with Crippen molar-refractivity contribution in [1.82, 2.24) is 5.32 Å². The van der Waals surface area contributed by atoms with E-state index >= 15 is 0 Å². The molecule has 1 unspecified atom stereocenters. The third-order valence-corrected chi connectivity index (χ3v) is 3.54. The minimum Gasteiger partial charge on any atom is -0.364 e. The van der Waals surface area contributed by atoms with E-state index in [1.165, 1.54) is 24.3 Å². The van der Waals surface area contributed by atoms with E-state index in [2.05, 4.69) is 35.3 Å². The summed E-state index contributed by atoms with van der Waals surface area (Å²) in [6.07, 6.45) is 13.1. The van der Waals surface area contributed by atoms with Gasteiger partial charge in [-0.2, -0.15) is 11.8 Å². The fourth-order valence-corrected chi connectivity index (χ4v) is 2.77. The molecule has 2 heterocycles. The van der Waals surface area contributed by atoms with Crippen LogP contribution in [-0.2, 0) is 0 Å². The van der Waals surface area contributed by atoms with Gasteiger partial charge in [0.05, 0.1) is 0 Å². The summed E-state index contributed by atoms with van der Waals surface area (Å²) >= 11 is 2.06. The van der Waals surface area contributed by atoms with Crippen LogP contribution in [0.2, 0.25) is 0 Å². The van der Waals surface area contributed by atoms with E-state index in [0.717, 1.165) is 0 Å². The van der Waals surface area contributed by atoms with E-state index in [0.29, 0.717) is 5.25 Å². The van der Waals surface area contributed by atoms with Crippen molar-refractivity contribution in [2.45, 2.75) is 18.1 Å². The predicted octanol–water partition coefficient (Wildman–Crippen LogP) is 2.55. The molecule has 2 heteroatoms. The van der Waals surface area contributed by atoms with Crippen molar-refractivity contribution in [1.29, 1.82) is 0 Å². The number of rotatable bonds is 1. The topological polar surface area (TPSA) is 12.0 Å². The van der Waals surface area contributed by atoms with Gasteiger partial charge in [-0.05, 0) is 30.7 Å². The molecule has 1 N–H and O–H groups in total. The van der Waals surface area contributed by atoms with E-state index in [9.17, 15) is 0 Å². The molecule has 1 nitrogen and oxygen atoms in total. The second-order valence-electron chi connectivity index (χ2n) is 3.01. The van der Waals surface area contributed by atoms with E-state index in [4.69, 9.17) is 0 Å². The molecule has 0 saturated carbocycles. The summed E-state index contributed by atoms with van der Waals surface area (Å²) in [5, 5.41) is 4.03. The highest BCUT2D eigenvalue weighted by atomic mass is 32.2. The Kier molecular flexibility index (Phi) is 2.57. The lowest BCUT2D eigenvalue weighted by atomic mass is 10.2. The Labute approximate surface area is 79.1 Å². The van der Waals surface area contributed by atoms with Crippen molar-refractivity contribution in [2.24, 2.45) is 0 Å². The van der Waals surface area contributed by atoms with Crippen LogP contribution in [0.5, 0.6) is 0 Å². The Morgan fingerprint density at radius 1 is 1.42 bits per heavy atom. The highest BCUT2D eigenvalue weighted by molar-refractivity contribution is 8.00. The third-order valence-electron chi connectivity index (χ3n) is 2.12. The molecule has 0 aromatic carbocycles. The van der Waals surface area contributed by atoms with Crippen LogP contribution >= 0.6 is 11.8 Å². The zero-order chi connectivity index (χ0) is 8.23. The second kappa shape index (κ2) is 3.85. The molecule has 1 atom stereocenters. The number of nitrogens with one attached hydrogen (secondary N) is 1. The van der Waals surface area contributed by atoms with E-state index < -0.39 is 0 Å². The SMILES string of the molecule is C1=CC=C(C2CCCS2)NC=C1.[H+]. The summed E-state index contributed by atoms with van der Waals surface area (Å²) in [7, 11) is 0. The molecule has 64 valence electrons. The van der Waals surface area contributed by atoms with Gasteiger partial charge in [0.25, 0.3) is 0 Å². The minimum absolute atomic E-state index is 0. The van der Waals surface area contributed by atoms with E-state index in [1.54, 1.807) is 0 Å². The van der Waals surface area contributed by atoms with Crippen molar-refractivity contribution in [3.8, 4) is 0 Å². The molecular formula is C10H14NS+. The highest BCUT2D eigenvalue weighted by Gasteiger charge is 2.18. The highest BCUT2D eigenvalue weighted by Crippen LogP contribution is 2.30. The molecule has 2 aliphatic heterocycles. The van der Waals surface area contributed by atoms with Gasteiger partial charge >= 0.3 is 1.43 Å². The Morgan fingerprint density at radius 3 is 3.25 bits per heavy atom. The summed E-state index contributed by atoms with van der Waals surface area (Å²) in [5.41, 5.74) is 1.36. The van der Waals surface area contributed by atoms with E-state index in [1.807, 2.05) is 12.3 Å². The molecule has 0 aliphatic carbocycles. The fourth-order valence-electron chi connectivity index (χ4n) is 1.49. The average Bonchev–Trinajstić information content (AvgIpc) is 2.48. The van der Waals surface area contributed by atoms with Crippen LogP contribution < -0.4 is 5.32 Å². The smallest absolute Gasteiger partial charge is 0.364 e. The Balaban J connectivity index is 0.000000845. The van der Waals surface area contributed by atoms with Gasteiger partial charge in [0.15, 0.2) is 0 Å². The number of thioether (sulfide) groups is 1. The first kappa shape index (κ1) is 7.99. The summed E-state index contributed by atoms with van der Waals surface area (Å²) in [6, 6.07) is 0. The number of allylic oxidation sites excluding steroid dienone is 4. The Hall–Kier alpha value is -0.630. The summed E-state index contributed by atoms with van der Waals surface area (Å²) in [6.45, 7) is 0. The van der Waals surface area contributed by atoms with Gasteiger partial charge in [-0.15, -0.1) is 0 Å². The van der Waals surface area contributed by atoms with Gasteiger partial charge in [-0.1, -0.05) is 12.2 Å². The molecule has 0 bridgehead atoms. The second-order valence-corrected chi connectivity index (χ2v) is 4.32. The summed E-state index contributed by atoms with van der Waals surface area (Å²) in [5.74, 6) is 1.32. The lowest BCUT2D eigenvalue weighted by Crippen LogP contribution is -2.14. The first-order valence-corrected chi connectivity index (χ1v) is 5.43. The van der Waals surface area contributed by atoms with Crippen LogP contribution in [0.1, 0.15) is 14.3 Å². The molecule has 0 aromatic heterocycles. The molecule has 2 rings (SSSR count). The van der Waals surface area contributed by atoms with Crippen LogP contribution in [0.3, 0.4) is 0 Å². The molecule has 0 amide bonds. The maximum absolute atomic E-state index is 3.32. The van der Waals surface area contributed by atoms with Crippen molar-refractivity contribution in [2.75, 3.05) is 5.75 Å². The fraction of sp³-hybridized carbons (Fsp3) is 0.400. The van der Waals surface area contributed by atoms with Crippen molar-refractivity contribution >= 4 is 11.8 Å². The molecule has 12 heavy (non-hydrogen) atoms. The average molecular weight is 180 g/mol. The molecular weight excluding hydrogens is 166 g/mol. The zero-order valence-corrected chi connectivity index (χ0v) is 7.81. The van der Waals surface area contributed by atoms with Crippen molar-refractivity contribution in [3.05, 3.63) is 36.2 Å². The lowest BCUT2D eigenvalue weighted by molar-refractivity contribution is 0.813. The summed E-state index contributed by atoms with van der Waals surface area (Å²) in [4.78, 5) is 0. The Bertz CT molecular complexity index is 239. The van der Waals surface area contributed by atoms with Gasteiger partial charge in [-0.25, -0.2) is 0 Å². The van der Waals surface area contributed by atoms with Gasteiger partial charge in [-0.3, -0.25) is 0 Å². The largest absolute Gasteiger partial charge is 1.00 e. The van der Waals surface area contributed by atoms with E-state index in [-0.39, 0.29) is 1.43 Å². The van der Waals surface area contributed by atoms with Crippen LogP contribution in [0.25, 0.3) is 0 Å². The van der Waals surface area contributed by atoms with Gasteiger partial charge in [0.1, 0.15) is 0 Å². The molecule has 1 fully saturated rings. The van der Waals surface area contributed by atoms with Crippen LogP contribution in [0.4, 0.5) is 0 Å². The maximum Gasteiger partial charge on any atom is 1.00 e. The molecule has 2 aliphatic rings. The maximum atomic E-state index is 3.32. The van der Waals surface area contributed by atoms with Crippen LogP contribution in [0, 0.1) is 0 Å². The number of hydrogen-bond acceptors (Lipinski definition) is 2. The molecule has 0 aromatic rings. The third kappa shape index (κ3) is 1.75. The van der Waals surface area contributed by atoms with Gasteiger partial charge in [0, 0.05) is 17.1 Å². The monoisotopic (exact) mass is 180 g/mol. The standard InChI is InChI=1S/C10H13NS/c1-2-5-9(11-7-3-1)10-6-4-8-12-10/h1-3,5,7,10-11H,4,6,8H2/p+1. The molecule has 0 spiro atoms. The Morgan fingerprint density at radius 2 is 2.42 bits per heavy atom. The minimum atomic E-state index is 0. The summed E-state index contributed by atoms with van der Waals surface area (Å²) < 4.78 is 0. The van der Waals surface area contributed by atoms with Crippen molar-refractivity contribution < 1.29 is 1.43 Å². The van der Waals surface area contributed by atoms with Gasteiger partial charge < -0.3 is 5.32 Å². The normalized spacial score (nSPS) is 28.0. The predicted molar refractivity (Wildman–Crippen MR) is 56.1 cm³/mol. The van der Waals surface area contributed by atoms with Crippen molar-refractivity contribution in [3.63, 3.8) is 0 Å². The molecule has 1 saturated heterocycles. The first-order valence-electron chi connectivity index (χ1n) is 4.38. The quantitative estimate of drug-likeness (QED) is 0.665. The van der Waals surface area contributed by atoms with Gasteiger partial charge in [0.2, 0.25) is 0 Å². The van der Waals surface area contributed by atoms with Crippen LogP contribution in [0.15, 0.2) is 36.2 Å². The number of hydrogen-bond donors (Lipinski definition) is 1. The first-order chi connectivity index (χ1) is 5.97. The molecule has 0 radical (unpaired) electrons. The lowest BCUT2D eigenvalue weighted by Gasteiger charge is -2.12. The zero-order valence-electron chi connectivity index (χ0n) is 7.99.